The number of aliphatic hydroxyl groups excluding tert-OH is 1. The Labute approximate surface area is 215 Å². The van der Waals surface area contributed by atoms with E-state index in [4.69, 9.17) is 26.2 Å². The van der Waals surface area contributed by atoms with Gasteiger partial charge in [-0.3, -0.25) is 9.80 Å². The lowest BCUT2D eigenvalue weighted by Crippen LogP contribution is -2.48. The van der Waals surface area contributed by atoms with Crippen LogP contribution in [0.5, 0.6) is 0 Å². The van der Waals surface area contributed by atoms with Crippen molar-refractivity contribution in [2.75, 3.05) is 70.7 Å². The second kappa shape index (κ2) is 15.7. The molecule has 186 valence electrons. The van der Waals surface area contributed by atoms with Gasteiger partial charge < -0.3 is 14.6 Å². The van der Waals surface area contributed by atoms with E-state index in [1.807, 2.05) is 18.2 Å². The Morgan fingerprint density at radius 3 is 2.32 bits per heavy atom. The molecule has 34 heavy (non-hydrogen) atoms. The number of halogens is 1. The topological polar surface area (TPSA) is 62.2 Å². The van der Waals surface area contributed by atoms with E-state index in [1.165, 1.54) is 11.1 Å². The molecule has 0 spiro atoms. The molecule has 1 heterocycles. The van der Waals surface area contributed by atoms with E-state index in [9.17, 15) is 4.79 Å². The van der Waals surface area contributed by atoms with Crippen LogP contribution in [0, 0.1) is 0 Å². The fraction of sp³-hybridized carbons (Fsp3) is 0.480. The molecule has 0 saturated carbocycles. The predicted molar refractivity (Wildman–Crippen MR) is 142 cm³/mol. The van der Waals surface area contributed by atoms with Gasteiger partial charge in [0, 0.05) is 49.3 Å². The highest BCUT2D eigenvalue weighted by molar-refractivity contribution is 8.76. The summed E-state index contributed by atoms with van der Waals surface area (Å²) in [5.74, 6) is 1.07. The lowest BCUT2D eigenvalue weighted by molar-refractivity contribution is -0.148. The van der Waals surface area contributed by atoms with Crippen LogP contribution in [0.4, 0.5) is 0 Å². The van der Waals surface area contributed by atoms with E-state index in [0.29, 0.717) is 24.7 Å². The summed E-state index contributed by atoms with van der Waals surface area (Å²) in [6.07, 6.45) is 0. The van der Waals surface area contributed by atoms with Crippen LogP contribution in [-0.2, 0) is 14.3 Å². The third kappa shape index (κ3) is 9.41. The van der Waals surface area contributed by atoms with Crippen molar-refractivity contribution in [1.29, 1.82) is 0 Å². The quantitative estimate of drug-likeness (QED) is 0.226. The number of carbonyl (C=O) groups is 1. The number of esters is 1. The van der Waals surface area contributed by atoms with Gasteiger partial charge in [-0.05, 0) is 23.3 Å². The Hall–Kier alpha value is -1.26. The molecule has 0 amide bonds. The Morgan fingerprint density at radius 1 is 0.941 bits per heavy atom. The van der Waals surface area contributed by atoms with Gasteiger partial charge in [0.1, 0.15) is 13.2 Å². The Morgan fingerprint density at radius 2 is 1.62 bits per heavy atom. The summed E-state index contributed by atoms with van der Waals surface area (Å²) in [6.45, 7) is 5.63. The number of aliphatic hydroxyl groups is 1. The average molecular weight is 525 g/mol. The fourth-order valence-electron chi connectivity index (χ4n) is 3.88. The first-order chi connectivity index (χ1) is 16.7. The number of hydrogen-bond donors (Lipinski definition) is 1. The van der Waals surface area contributed by atoms with E-state index in [2.05, 4.69) is 46.2 Å². The summed E-state index contributed by atoms with van der Waals surface area (Å²) in [4.78, 5) is 16.7. The minimum absolute atomic E-state index is 0.0128. The molecular weight excluding hydrogens is 492 g/mol. The molecule has 1 saturated heterocycles. The maximum Gasteiger partial charge on any atom is 0.332 e. The van der Waals surface area contributed by atoms with Crippen LogP contribution in [0.25, 0.3) is 0 Å². The van der Waals surface area contributed by atoms with Crippen LogP contribution in [0.2, 0.25) is 5.02 Å². The Kier molecular flexibility index (Phi) is 12.6. The summed E-state index contributed by atoms with van der Waals surface area (Å²) in [6, 6.07) is 19.0. The molecule has 1 aliphatic heterocycles. The normalized spacial score (nSPS) is 15.8. The summed E-state index contributed by atoms with van der Waals surface area (Å²) < 4.78 is 10.7. The molecule has 1 atom stereocenters. The van der Waals surface area contributed by atoms with Gasteiger partial charge in [-0.25, -0.2) is 4.79 Å². The SMILES string of the molecule is O=C(COCCN1CCN(C(c2ccccc2)c2ccc(Cl)cc2)CC1)OCCSSCCO. The number of benzene rings is 2. The largest absolute Gasteiger partial charge is 0.463 e. The molecule has 2 aromatic rings. The monoisotopic (exact) mass is 524 g/mol. The maximum absolute atomic E-state index is 11.8. The van der Waals surface area contributed by atoms with Crippen molar-refractivity contribution in [3.8, 4) is 0 Å². The Bertz CT molecular complexity index is 837. The predicted octanol–water partition coefficient (Wildman–Crippen LogP) is 3.98. The summed E-state index contributed by atoms with van der Waals surface area (Å²) >= 11 is 6.13. The molecule has 0 aromatic heterocycles. The number of nitrogens with zero attached hydrogens (tertiary/aromatic N) is 2. The van der Waals surface area contributed by atoms with Crippen LogP contribution >= 0.6 is 33.2 Å². The van der Waals surface area contributed by atoms with E-state index in [0.717, 1.165) is 37.7 Å². The summed E-state index contributed by atoms with van der Waals surface area (Å²) in [5.41, 5.74) is 2.53. The zero-order valence-electron chi connectivity index (χ0n) is 19.3. The highest BCUT2D eigenvalue weighted by atomic mass is 35.5. The number of piperazine rings is 1. The van der Waals surface area contributed by atoms with Crippen molar-refractivity contribution < 1.29 is 19.4 Å². The molecule has 6 nitrogen and oxygen atoms in total. The smallest absolute Gasteiger partial charge is 0.332 e. The average Bonchev–Trinajstić information content (AvgIpc) is 2.87. The van der Waals surface area contributed by atoms with Gasteiger partial charge >= 0.3 is 5.97 Å². The third-order valence-corrected chi connectivity index (χ3v) is 8.13. The molecule has 3 rings (SSSR count). The van der Waals surface area contributed by atoms with Gasteiger partial charge in [0.2, 0.25) is 0 Å². The standard InChI is InChI=1S/C25H33ClN2O4S2/c26-23-8-6-22(7-9-23)25(21-4-2-1-3-5-21)28-12-10-27(11-13-28)14-16-31-20-24(30)32-17-19-34-33-18-15-29/h1-9,25,29H,10-20H2. The zero-order chi connectivity index (χ0) is 24.0. The lowest BCUT2D eigenvalue weighted by atomic mass is 9.96. The molecule has 1 unspecified atom stereocenters. The number of carbonyl (C=O) groups excluding carboxylic acids is 1. The number of hydrogen-bond acceptors (Lipinski definition) is 8. The third-order valence-electron chi connectivity index (χ3n) is 5.53. The van der Waals surface area contributed by atoms with Gasteiger partial charge in [0.15, 0.2) is 0 Å². The first-order valence-corrected chi connectivity index (χ1v) is 14.4. The maximum atomic E-state index is 11.8. The van der Waals surface area contributed by atoms with Gasteiger partial charge in [-0.1, -0.05) is 75.7 Å². The van der Waals surface area contributed by atoms with Gasteiger partial charge in [0.25, 0.3) is 0 Å². The molecular formula is C25H33ClN2O4S2. The fourth-order valence-corrected chi connectivity index (χ4v) is 5.60. The Balaban J connectivity index is 1.37. The molecule has 0 aliphatic carbocycles. The van der Waals surface area contributed by atoms with Crippen molar-refractivity contribution in [3.63, 3.8) is 0 Å². The van der Waals surface area contributed by atoms with Crippen molar-refractivity contribution >= 4 is 39.2 Å². The molecule has 1 aliphatic rings. The van der Waals surface area contributed by atoms with Crippen molar-refractivity contribution in [2.24, 2.45) is 0 Å². The van der Waals surface area contributed by atoms with E-state index >= 15 is 0 Å². The molecule has 0 radical (unpaired) electrons. The summed E-state index contributed by atoms with van der Waals surface area (Å²) in [5, 5.41) is 9.47. The number of rotatable bonds is 14. The van der Waals surface area contributed by atoms with E-state index < -0.39 is 0 Å². The van der Waals surface area contributed by atoms with Gasteiger partial charge in [-0.15, -0.1) is 0 Å². The van der Waals surface area contributed by atoms with Crippen LogP contribution in [0.15, 0.2) is 54.6 Å². The first-order valence-electron chi connectivity index (χ1n) is 11.5. The number of ether oxygens (including phenoxy) is 2. The van der Waals surface area contributed by atoms with Gasteiger partial charge in [0.05, 0.1) is 19.3 Å². The molecule has 1 fully saturated rings. The van der Waals surface area contributed by atoms with Crippen molar-refractivity contribution in [2.45, 2.75) is 6.04 Å². The van der Waals surface area contributed by atoms with Crippen LogP contribution < -0.4 is 0 Å². The van der Waals surface area contributed by atoms with Crippen molar-refractivity contribution in [1.82, 2.24) is 9.80 Å². The van der Waals surface area contributed by atoms with E-state index in [1.54, 1.807) is 21.6 Å². The zero-order valence-corrected chi connectivity index (χ0v) is 21.7. The first kappa shape index (κ1) is 27.3. The molecule has 2 aromatic carbocycles. The van der Waals surface area contributed by atoms with E-state index in [-0.39, 0.29) is 25.2 Å². The molecule has 1 N–H and O–H groups in total. The van der Waals surface area contributed by atoms with Gasteiger partial charge in [-0.2, -0.15) is 0 Å². The summed E-state index contributed by atoms with van der Waals surface area (Å²) in [7, 11) is 3.16. The minimum atomic E-state index is -0.328. The second-order valence-corrected chi connectivity index (χ2v) is 11.0. The molecule has 9 heteroatoms. The second-order valence-electron chi connectivity index (χ2n) is 7.88. The molecule has 0 bridgehead atoms. The van der Waals surface area contributed by atoms with Crippen LogP contribution in [0.1, 0.15) is 17.2 Å². The van der Waals surface area contributed by atoms with Crippen molar-refractivity contribution in [3.05, 3.63) is 70.7 Å². The van der Waals surface area contributed by atoms with Crippen LogP contribution in [0.3, 0.4) is 0 Å². The minimum Gasteiger partial charge on any atom is -0.463 e. The lowest BCUT2D eigenvalue weighted by Gasteiger charge is -2.39. The highest BCUT2D eigenvalue weighted by Crippen LogP contribution is 2.30. The van der Waals surface area contributed by atoms with Crippen LogP contribution in [-0.4, -0.2) is 91.5 Å². The highest BCUT2D eigenvalue weighted by Gasteiger charge is 2.26.